The van der Waals surface area contributed by atoms with E-state index in [1.165, 1.54) is 24.9 Å². The van der Waals surface area contributed by atoms with E-state index in [2.05, 4.69) is 61.4 Å². The van der Waals surface area contributed by atoms with Crippen LogP contribution in [0, 0.1) is 5.41 Å². The first-order valence-corrected chi connectivity index (χ1v) is 7.11. The van der Waals surface area contributed by atoms with Crippen molar-refractivity contribution < 1.29 is 0 Å². The quantitative estimate of drug-likeness (QED) is 0.743. The normalized spacial score (nSPS) is 18.4. The second-order valence-electron chi connectivity index (χ2n) is 5.94. The maximum Gasteiger partial charge on any atom is 0.0363 e. The first-order valence-electron chi connectivity index (χ1n) is 7.11. The van der Waals surface area contributed by atoms with Gasteiger partial charge < -0.3 is 10.2 Å². The zero-order valence-electron chi connectivity index (χ0n) is 11.9. The van der Waals surface area contributed by atoms with Gasteiger partial charge in [0.15, 0.2) is 0 Å². The van der Waals surface area contributed by atoms with Crippen LogP contribution in [0.15, 0.2) is 30.3 Å². The fourth-order valence-electron chi connectivity index (χ4n) is 2.32. The second kappa shape index (κ2) is 5.75. The maximum atomic E-state index is 3.67. The minimum absolute atomic E-state index is 0.589. The molecular formula is C16H26N2. The molecule has 0 bridgehead atoms. The summed E-state index contributed by atoms with van der Waals surface area (Å²) < 4.78 is 0. The first-order chi connectivity index (χ1) is 8.62. The number of nitrogens with one attached hydrogen (secondary N) is 1. The van der Waals surface area contributed by atoms with E-state index in [0.29, 0.717) is 11.5 Å². The van der Waals surface area contributed by atoms with Crippen molar-refractivity contribution in [3.8, 4) is 0 Å². The molecule has 0 saturated heterocycles. The number of benzene rings is 1. The Morgan fingerprint density at radius 3 is 2.56 bits per heavy atom. The smallest absolute Gasteiger partial charge is 0.0363 e. The Labute approximate surface area is 111 Å². The van der Waals surface area contributed by atoms with Gasteiger partial charge in [-0.3, -0.25) is 0 Å². The fraction of sp³-hybridized carbons (Fsp3) is 0.625. The topological polar surface area (TPSA) is 15.3 Å². The number of hydrogen-bond acceptors (Lipinski definition) is 2. The molecule has 1 atom stereocenters. The fourth-order valence-corrected chi connectivity index (χ4v) is 2.32. The van der Waals surface area contributed by atoms with Crippen LogP contribution in [0.3, 0.4) is 0 Å². The van der Waals surface area contributed by atoms with Crippen LogP contribution in [-0.2, 0) is 0 Å². The van der Waals surface area contributed by atoms with Crippen LogP contribution in [0.2, 0.25) is 0 Å². The predicted molar refractivity (Wildman–Crippen MR) is 79.1 cm³/mol. The predicted octanol–water partition coefficient (Wildman–Crippen LogP) is 3.29. The molecule has 0 aromatic heterocycles. The van der Waals surface area contributed by atoms with Crippen LogP contribution < -0.4 is 10.2 Å². The highest BCUT2D eigenvalue weighted by Crippen LogP contribution is 2.47. The summed E-state index contributed by atoms with van der Waals surface area (Å²) in [6.07, 6.45) is 3.99. The molecule has 0 amide bonds. The monoisotopic (exact) mass is 246 g/mol. The first kappa shape index (κ1) is 13.4. The molecule has 1 N–H and O–H groups in total. The molecule has 1 aliphatic rings. The SMILES string of the molecule is CC(NCCCN(C)c1ccccc1)C1(C)CC1. The molecule has 1 unspecified atom stereocenters. The van der Waals surface area contributed by atoms with E-state index >= 15 is 0 Å². The third-order valence-corrected chi connectivity index (χ3v) is 4.40. The van der Waals surface area contributed by atoms with E-state index in [1.54, 1.807) is 0 Å². The van der Waals surface area contributed by atoms with Crippen molar-refractivity contribution in [3.05, 3.63) is 30.3 Å². The van der Waals surface area contributed by atoms with Crippen molar-refractivity contribution >= 4 is 5.69 Å². The van der Waals surface area contributed by atoms with Gasteiger partial charge in [0.05, 0.1) is 0 Å². The molecule has 1 aromatic rings. The van der Waals surface area contributed by atoms with Crippen LogP contribution in [0.25, 0.3) is 0 Å². The summed E-state index contributed by atoms with van der Waals surface area (Å²) in [6, 6.07) is 11.3. The van der Waals surface area contributed by atoms with Gasteiger partial charge in [-0.2, -0.15) is 0 Å². The Kier molecular flexibility index (Phi) is 4.28. The van der Waals surface area contributed by atoms with E-state index < -0.39 is 0 Å². The van der Waals surface area contributed by atoms with Gasteiger partial charge in [0.25, 0.3) is 0 Å². The molecule has 2 rings (SSSR count). The van der Waals surface area contributed by atoms with Gasteiger partial charge >= 0.3 is 0 Å². The summed E-state index contributed by atoms with van der Waals surface area (Å²) >= 11 is 0. The van der Waals surface area contributed by atoms with Crippen molar-refractivity contribution in [2.75, 3.05) is 25.0 Å². The van der Waals surface area contributed by atoms with Gasteiger partial charge in [-0.05, 0) is 50.3 Å². The van der Waals surface area contributed by atoms with E-state index in [9.17, 15) is 0 Å². The minimum Gasteiger partial charge on any atom is -0.375 e. The van der Waals surface area contributed by atoms with Gasteiger partial charge in [-0.1, -0.05) is 25.1 Å². The van der Waals surface area contributed by atoms with Crippen molar-refractivity contribution in [3.63, 3.8) is 0 Å². The van der Waals surface area contributed by atoms with Crippen molar-refractivity contribution in [1.29, 1.82) is 0 Å². The Bertz CT molecular complexity index is 357. The molecule has 1 saturated carbocycles. The molecule has 2 nitrogen and oxygen atoms in total. The van der Waals surface area contributed by atoms with Gasteiger partial charge in [-0.15, -0.1) is 0 Å². The highest BCUT2D eigenvalue weighted by molar-refractivity contribution is 5.44. The molecule has 18 heavy (non-hydrogen) atoms. The maximum absolute atomic E-state index is 3.67. The molecule has 100 valence electrons. The summed E-state index contributed by atoms with van der Waals surface area (Å²) in [4.78, 5) is 2.32. The van der Waals surface area contributed by atoms with Gasteiger partial charge in [-0.25, -0.2) is 0 Å². The summed E-state index contributed by atoms with van der Waals surface area (Å²) in [5.41, 5.74) is 1.89. The molecule has 1 aliphatic carbocycles. The minimum atomic E-state index is 0.589. The van der Waals surface area contributed by atoms with Crippen LogP contribution in [-0.4, -0.2) is 26.2 Å². The zero-order chi connectivity index (χ0) is 13.0. The van der Waals surface area contributed by atoms with E-state index in [-0.39, 0.29) is 0 Å². The van der Waals surface area contributed by atoms with E-state index in [1.807, 2.05) is 0 Å². The van der Waals surface area contributed by atoms with Crippen molar-refractivity contribution in [2.45, 2.75) is 39.2 Å². The van der Waals surface area contributed by atoms with E-state index in [0.717, 1.165) is 13.1 Å². The number of rotatable bonds is 7. The van der Waals surface area contributed by atoms with Gasteiger partial charge in [0, 0.05) is 25.3 Å². The lowest BCUT2D eigenvalue weighted by Gasteiger charge is -2.22. The number of nitrogens with zero attached hydrogens (tertiary/aromatic N) is 1. The standard InChI is InChI=1S/C16H26N2/c1-14(16(2)10-11-16)17-12-7-13-18(3)15-8-5-4-6-9-15/h4-6,8-9,14,17H,7,10-13H2,1-3H3. The Morgan fingerprint density at radius 2 is 1.94 bits per heavy atom. The highest BCUT2D eigenvalue weighted by Gasteiger charge is 2.41. The van der Waals surface area contributed by atoms with Crippen molar-refractivity contribution in [2.24, 2.45) is 5.41 Å². The number of hydrogen-bond donors (Lipinski definition) is 1. The zero-order valence-corrected chi connectivity index (χ0v) is 11.9. The third kappa shape index (κ3) is 3.49. The summed E-state index contributed by atoms with van der Waals surface area (Å²) in [7, 11) is 2.17. The van der Waals surface area contributed by atoms with Crippen molar-refractivity contribution in [1.82, 2.24) is 5.32 Å². The average Bonchev–Trinajstić information content (AvgIpc) is 3.14. The van der Waals surface area contributed by atoms with Crippen LogP contribution in [0.1, 0.15) is 33.1 Å². The van der Waals surface area contributed by atoms with Gasteiger partial charge in [0.1, 0.15) is 0 Å². The lowest BCUT2D eigenvalue weighted by molar-refractivity contribution is 0.380. The number of para-hydroxylation sites is 1. The molecule has 0 radical (unpaired) electrons. The molecule has 2 heteroatoms. The Hall–Kier alpha value is -1.02. The Morgan fingerprint density at radius 1 is 1.28 bits per heavy atom. The largest absolute Gasteiger partial charge is 0.375 e. The molecule has 0 spiro atoms. The molecule has 0 heterocycles. The third-order valence-electron chi connectivity index (χ3n) is 4.40. The highest BCUT2D eigenvalue weighted by atomic mass is 15.1. The molecule has 1 aromatic carbocycles. The van der Waals surface area contributed by atoms with E-state index in [4.69, 9.17) is 0 Å². The summed E-state index contributed by atoms with van der Waals surface area (Å²) in [6.45, 7) is 6.95. The van der Waals surface area contributed by atoms with Crippen LogP contribution in [0.4, 0.5) is 5.69 Å². The summed E-state index contributed by atoms with van der Waals surface area (Å²) in [5, 5.41) is 3.67. The van der Waals surface area contributed by atoms with Crippen LogP contribution >= 0.6 is 0 Å². The second-order valence-corrected chi connectivity index (χ2v) is 5.94. The summed E-state index contributed by atoms with van der Waals surface area (Å²) in [5.74, 6) is 0. The Balaban J connectivity index is 1.63. The molecule has 1 fully saturated rings. The van der Waals surface area contributed by atoms with Crippen LogP contribution in [0.5, 0.6) is 0 Å². The average molecular weight is 246 g/mol. The van der Waals surface area contributed by atoms with Gasteiger partial charge in [0.2, 0.25) is 0 Å². The number of anilines is 1. The lowest BCUT2D eigenvalue weighted by Crippen LogP contribution is -2.35. The lowest BCUT2D eigenvalue weighted by atomic mass is 10.0. The molecular weight excluding hydrogens is 220 g/mol. The molecule has 0 aliphatic heterocycles.